The molecule has 1 rings (SSSR count). The molecule has 0 radical (unpaired) electrons. The van der Waals surface area contributed by atoms with Crippen LogP contribution in [-0.2, 0) is 4.79 Å². The zero-order chi connectivity index (χ0) is 15.1. The minimum atomic E-state index is 0.0409. The Morgan fingerprint density at radius 2 is 2.05 bits per heavy atom. The van der Waals surface area contributed by atoms with Gasteiger partial charge in [0.1, 0.15) is 6.54 Å². The summed E-state index contributed by atoms with van der Waals surface area (Å²) in [6.45, 7) is 9.91. The third kappa shape index (κ3) is 5.02. The van der Waals surface area contributed by atoms with Crippen LogP contribution in [0.15, 0.2) is 4.99 Å². The number of rotatable bonds is 4. The van der Waals surface area contributed by atoms with E-state index in [2.05, 4.69) is 36.0 Å². The number of aliphatic imine (C=N–C) groups is 1. The Hall–Kier alpha value is -1.26. The van der Waals surface area contributed by atoms with Gasteiger partial charge in [0, 0.05) is 33.7 Å². The predicted molar refractivity (Wildman–Crippen MR) is 83.8 cm³/mol. The van der Waals surface area contributed by atoms with Crippen molar-refractivity contribution in [3.8, 4) is 0 Å². The standard InChI is InChI=1S/C15H30N4O/c1-6-8-16-15(17-10-14(20)18(4)5)19-9-7-12(2)13(3)11-19/h12-13H,6-11H2,1-5H3,(H,16,17). The smallest absolute Gasteiger partial charge is 0.243 e. The number of carbonyl (C=O) groups is 1. The SMILES string of the molecule is CCCNC(=NCC(=O)N(C)C)N1CCC(C)C(C)C1. The fourth-order valence-corrected chi connectivity index (χ4v) is 2.24. The van der Waals surface area contributed by atoms with E-state index in [9.17, 15) is 4.79 Å². The van der Waals surface area contributed by atoms with Gasteiger partial charge in [0.05, 0.1) is 0 Å². The molecule has 0 aromatic heterocycles. The number of nitrogens with zero attached hydrogens (tertiary/aromatic N) is 3. The molecule has 2 atom stereocenters. The Morgan fingerprint density at radius 3 is 2.60 bits per heavy atom. The minimum Gasteiger partial charge on any atom is -0.356 e. The van der Waals surface area contributed by atoms with E-state index in [4.69, 9.17) is 0 Å². The summed E-state index contributed by atoms with van der Waals surface area (Å²) in [7, 11) is 3.53. The maximum absolute atomic E-state index is 11.7. The Morgan fingerprint density at radius 1 is 1.35 bits per heavy atom. The first-order valence-corrected chi connectivity index (χ1v) is 7.69. The van der Waals surface area contributed by atoms with Gasteiger partial charge in [-0.3, -0.25) is 4.79 Å². The molecule has 1 amide bonds. The number of hydrogen-bond donors (Lipinski definition) is 1. The average Bonchev–Trinajstić information content (AvgIpc) is 2.41. The van der Waals surface area contributed by atoms with E-state index in [0.717, 1.165) is 37.9 Å². The molecule has 1 fully saturated rings. The second-order valence-corrected chi connectivity index (χ2v) is 6.04. The van der Waals surface area contributed by atoms with Crippen molar-refractivity contribution in [3.63, 3.8) is 0 Å². The van der Waals surface area contributed by atoms with Gasteiger partial charge in [0.25, 0.3) is 0 Å². The van der Waals surface area contributed by atoms with Crippen molar-refractivity contribution in [1.82, 2.24) is 15.1 Å². The molecule has 0 bridgehead atoms. The van der Waals surface area contributed by atoms with E-state index in [0.29, 0.717) is 5.92 Å². The van der Waals surface area contributed by atoms with E-state index in [-0.39, 0.29) is 12.5 Å². The van der Waals surface area contributed by atoms with Crippen molar-refractivity contribution in [2.24, 2.45) is 16.8 Å². The van der Waals surface area contributed by atoms with Gasteiger partial charge in [0.2, 0.25) is 5.91 Å². The lowest BCUT2D eigenvalue weighted by Crippen LogP contribution is -2.48. The maximum atomic E-state index is 11.7. The largest absolute Gasteiger partial charge is 0.356 e. The van der Waals surface area contributed by atoms with Crippen molar-refractivity contribution in [1.29, 1.82) is 0 Å². The minimum absolute atomic E-state index is 0.0409. The van der Waals surface area contributed by atoms with Gasteiger partial charge in [-0.25, -0.2) is 4.99 Å². The Labute approximate surface area is 123 Å². The maximum Gasteiger partial charge on any atom is 0.243 e. The van der Waals surface area contributed by atoms with Crippen LogP contribution in [0.5, 0.6) is 0 Å². The molecule has 116 valence electrons. The molecule has 1 N–H and O–H groups in total. The second kappa shape index (κ2) is 8.12. The highest BCUT2D eigenvalue weighted by Crippen LogP contribution is 2.22. The Kier molecular flexibility index (Phi) is 6.82. The topological polar surface area (TPSA) is 47.9 Å². The molecule has 1 aliphatic rings. The van der Waals surface area contributed by atoms with Gasteiger partial charge in [-0.15, -0.1) is 0 Å². The van der Waals surface area contributed by atoms with Crippen LogP contribution >= 0.6 is 0 Å². The quantitative estimate of drug-likeness (QED) is 0.626. The number of hydrogen-bond acceptors (Lipinski definition) is 2. The summed E-state index contributed by atoms with van der Waals surface area (Å²) in [4.78, 5) is 20.1. The molecule has 0 aliphatic carbocycles. The third-order valence-corrected chi connectivity index (χ3v) is 4.03. The summed E-state index contributed by atoms with van der Waals surface area (Å²) >= 11 is 0. The van der Waals surface area contributed by atoms with Crippen molar-refractivity contribution in [2.75, 3.05) is 40.3 Å². The summed E-state index contributed by atoms with van der Waals surface area (Å²) in [5.41, 5.74) is 0. The molecule has 2 unspecified atom stereocenters. The molecule has 0 saturated carbocycles. The lowest BCUT2D eigenvalue weighted by molar-refractivity contribution is -0.127. The average molecular weight is 282 g/mol. The van der Waals surface area contributed by atoms with Gasteiger partial charge >= 0.3 is 0 Å². The van der Waals surface area contributed by atoms with E-state index >= 15 is 0 Å². The van der Waals surface area contributed by atoms with Crippen LogP contribution in [0.25, 0.3) is 0 Å². The first-order chi connectivity index (χ1) is 9.45. The molecule has 5 heteroatoms. The fraction of sp³-hybridized carbons (Fsp3) is 0.867. The summed E-state index contributed by atoms with van der Waals surface area (Å²) in [6.07, 6.45) is 2.25. The molecule has 0 spiro atoms. The number of carbonyl (C=O) groups excluding carboxylic acids is 1. The molecule has 0 aromatic rings. The van der Waals surface area contributed by atoms with Crippen molar-refractivity contribution < 1.29 is 4.79 Å². The van der Waals surface area contributed by atoms with Gasteiger partial charge in [-0.05, 0) is 24.7 Å². The number of likely N-dealkylation sites (tertiary alicyclic amines) is 1. The first-order valence-electron chi connectivity index (χ1n) is 7.69. The number of likely N-dealkylation sites (N-methyl/N-ethyl adjacent to an activating group) is 1. The van der Waals surface area contributed by atoms with Gasteiger partial charge in [0.15, 0.2) is 5.96 Å². The lowest BCUT2D eigenvalue weighted by Gasteiger charge is -2.37. The Bertz CT molecular complexity index is 341. The fourth-order valence-electron chi connectivity index (χ4n) is 2.24. The predicted octanol–water partition coefficient (Wildman–Crippen LogP) is 1.41. The van der Waals surface area contributed by atoms with Crippen molar-refractivity contribution in [2.45, 2.75) is 33.6 Å². The normalized spacial score (nSPS) is 23.6. The summed E-state index contributed by atoms with van der Waals surface area (Å²) in [6, 6.07) is 0. The van der Waals surface area contributed by atoms with Crippen LogP contribution in [0.4, 0.5) is 0 Å². The summed E-state index contributed by atoms with van der Waals surface area (Å²) in [5, 5.41) is 3.37. The third-order valence-electron chi connectivity index (χ3n) is 4.03. The highest BCUT2D eigenvalue weighted by atomic mass is 16.2. The zero-order valence-corrected chi connectivity index (χ0v) is 13.6. The van der Waals surface area contributed by atoms with Crippen molar-refractivity contribution in [3.05, 3.63) is 0 Å². The van der Waals surface area contributed by atoms with Crippen LogP contribution < -0.4 is 5.32 Å². The van der Waals surface area contributed by atoms with Gasteiger partial charge in [-0.2, -0.15) is 0 Å². The molecular formula is C15H30N4O. The van der Waals surface area contributed by atoms with Crippen LogP contribution in [0.1, 0.15) is 33.6 Å². The molecule has 20 heavy (non-hydrogen) atoms. The van der Waals surface area contributed by atoms with Crippen molar-refractivity contribution >= 4 is 11.9 Å². The first kappa shape index (κ1) is 16.8. The van der Waals surface area contributed by atoms with Gasteiger partial charge in [-0.1, -0.05) is 20.8 Å². The van der Waals surface area contributed by atoms with Crippen LogP contribution in [0.3, 0.4) is 0 Å². The van der Waals surface area contributed by atoms with E-state index in [1.54, 1.807) is 19.0 Å². The van der Waals surface area contributed by atoms with Crippen LogP contribution in [-0.4, -0.2) is 61.9 Å². The number of nitrogens with one attached hydrogen (secondary N) is 1. The van der Waals surface area contributed by atoms with E-state index < -0.39 is 0 Å². The highest BCUT2D eigenvalue weighted by molar-refractivity contribution is 5.84. The Balaban J connectivity index is 2.68. The molecule has 1 aliphatic heterocycles. The molecule has 1 saturated heterocycles. The highest BCUT2D eigenvalue weighted by Gasteiger charge is 2.24. The van der Waals surface area contributed by atoms with E-state index in [1.807, 2.05) is 0 Å². The van der Waals surface area contributed by atoms with Crippen LogP contribution in [0.2, 0.25) is 0 Å². The molecule has 1 heterocycles. The molecular weight excluding hydrogens is 252 g/mol. The number of amides is 1. The summed E-state index contributed by atoms with van der Waals surface area (Å²) < 4.78 is 0. The second-order valence-electron chi connectivity index (χ2n) is 6.04. The number of piperidine rings is 1. The molecule has 0 aromatic carbocycles. The summed E-state index contributed by atoms with van der Waals surface area (Å²) in [5.74, 6) is 2.36. The number of guanidine groups is 1. The van der Waals surface area contributed by atoms with E-state index in [1.165, 1.54) is 6.42 Å². The zero-order valence-electron chi connectivity index (χ0n) is 13.6. The molecule has 5 nitrogen and oxygen atoms in total. The lowest BCUT2D eigenvalue weighted by atomic mass is 9.89. The monoisotopic (exact) mass is 282 g/mol. The van der Waals surface area contributed by atoms with Crippen LogP contribution in [0, 0.1) is 11.8 Å². The van der Waals surface area contributed by atoms with Gasteiger partial charge < -0.3 is 15.1 Å².